The summed E-state index contributed by atoms with van der Waals surface area (Å²) < 4.78 is 0. The number of phenols is 3. The number of aromatic hydroxyl groups is 3. The highest BCUT2D eigenvalue weighted by atomic mass is 16.3. The first-order valence-electron chi connectivity index (χ1n) is 5.35. The van der Waals surface area contributed by atoms with Gasteiger partial charge in [0.1, 0.15) is 5.75 Å². The van der Waals surface area contributed by atoms with Gasteiger partial charge in [-0.2, -0.15) is 0 Å². The highest BCUT2D eigenvalue weighted by molar-refractivity contribution is 6.11. The van der Waals surface area contributed by atoms with Gasteiger partial charge in [0.25, 0.3) is 0 Å². The van der Waals surface area contributed by atoms with Gasteiger partial charge in [-0.3, -0.25) is 4.79 Å². The van der Waals surface area contributed by atoms with Crippen LogP contribution in [0.25, 0.3) is 0 Å². The predicted octanol–water partition coefficient (Wildman–Crippen LogP) is 2.34. The van der Waals surface area contributed by atoms with Crippen LogP contribution in [0, 0.1) is 6.92 Å². The van der Waals surface area contributed by atoms with Crippen LogP contribution in [0.5, 0.6) is 17.2 Å². The van der Waals surface area contributed by atoms with Crippen LogP contribution in [0.4, 0.5) is 0 Å². The first-order chi connectivity index (χ1) is 8.49. The molecular weight excluding hydrogens is 232 g/mol. The van der Waals surface area contributed by atoms with Crippen molar-refractivity contribution in [3.8, 4) is 17.2 Å². The van der Waals surface area contributed by atoms with Gasteiger partial charge in [-0.25, -0.2) is 0 Å². The van der Waals surface area contributed by atoms with E-state index in [4.69, 9.17) is 0 Å². The van der Waals surface area contributed by atoms with Crippen LogP contribution < -0.4 is 0 Å². The van der Waals surface area contributed by atoms with E-state index in [0.29, 0.717) is 5.56 Å². The Hall–Kier alpha value is -2.49. The van der Waals surface area contributed by atoms with Crippen LogP contribution in [0.15, 0.2) is 36.4 Å². The highest BCUT2D eigenvalue weighted by Gasteiger charge is 2.16. The quantitative estimate of drug-likeness (QED) is 0.430. The van der Waals surface area contributed by atoms with Crippen molar-refractivity contribution in [3.05, 3.63) is 53.1 Å². The van der Waals surface area contributed by atoms with Crippen LogP contribution in [0.1, 0.15) is 21.5 Å². The molecule has 2 aromatic carbocycles. The Bertz CT molecular complexity index is 600. The Morgan fingerprint density at radius 1 is 0.889 bits per heavy atom. The lowest BCUT2D eigenvalue weighted by Gasteiger charge is -2.06. The summed E-state index contributed by atoms with van der Waals surface area (Å²) in [5, 5.41) is 28.2. The second kappa shape index (κ2) is 4.41. The van der Waals surface area contributed by atoms with Crippen LogP contribution >= 0.6 is 0 Å². The van der Waals surface area contributed by atoms with Gasteiger partial charge in [0, 0.05) is 11.6 Å². The number of rotatable bonds is 2. The molecule has 4 heteroatoms. The zero-order chi connectivity index (χ0) is 13.3. The van der Waals surface area contributed by atoms with E-state index in [9.17, 15) is 20.1 Å². The van der Waals surface area contributed by atoms with Gasteiger partial charge in [0.15, 0.2) is 17.3 Å². The molecule has 0 aliphatic heterocycles. The third-order valence-electron chi connectivity index (χ3n) is 2.65. The number of carbonyl (C=O) groups excluding carboxylic acids is 1. The number of hydrogen-bond acceptors (Lipinski definition) is 4. The minimum atomic E-state index is -0.465. The molecule has 0 aliphatic carbocycles. The summed E-state index contributed by atoms with van der Waals surface area (Å²) >= 11 is 0. The number of phenolic OH excluding ortho intramolecular Hbond substituents is 3. The Kier molecular flexibility index (Phi) is 2.93. The van der Waals surface area contributed by atoms with Crippen molar-refractivity contribution >= 4 is 5.78 Å². The maximum atomic E-state index is 12.1. The molecule has 0 heterocycles. The van der Waals surface area contributed by atoms with E-state index >= 15 is 0 Å². The first kappa shape index (κ1) is 12.0. The van der Waals surface area contributed by atoms with Gasteiger partial charge in [-0.1, -0.05) is 29.8 Å². The molecule has 92 valence electrons. The maximum Gasteiger partial charge on any atom is 0.196 e. The number of hydrogen-bond donors (Lipinski definition) is 3. The molecule has 3 N–H and O–H groups in total. The van der Waals surface area contributed by atoms with Gasteiger partial charge in [-0.15, -0.1) is 0 Å². The average Bonchev–Trinajstić information content (AvgIpc) is 2.34. The van der Waals surface area contributed by atoms with Crippen molar-refractivity contribution < 1.29 is 20.1 Å². The van der Waals surface area contributed by atoms with Crippen LogP contribution in [0.2, 0.25) is 0 Å². The molecule has 4 nitrogen and oxygen atoms in total. The molecule has 0 radical (unpaired) electrons. The fraction of sp³-hybridized carbons (Fsp3) is 0.0714. The summed E-state index contributed by atoms with van der Waals surface area (Å²) in [7, 11) is 0. The Balaban J connectivity index is 2.46. The molecule has 0 amide bonds. The second-order valence-corrected chi connectivity index (χ2v) is 4.05. The molecule has 18 heavy (non-hydrogen) atoms. The molecule has 0 bridgehead atoms. The minimum Gasteiger partial charge on any atom is -0.507 e. The van der Waals surface area contributed by atoms with E-state index in [2.05, 4.69) is 0 Å². The molecule has 0 saturated heterocycles. The van der Waals surface area contributed by atoms with Gasteiger partial charge in [0.2, 0.25) is 0 Å². The molecule has 2 aromatic rings. The van der Waals surface area contributed by atoms with Crippen molar-refractivity contribution in [1.82, 2.24) is 0 Å². The summed E-state index contributed by atoms with van der Waals surface area (Å²) in [6.07, 6.45) is 0. The molecule has 2 rings (SSSR count). The van der Waals surface area contributed by atoms with Crippen LogP contribution in [-0.4, -0.2) is 21.1 Å². The zero-order valence-electron chi connectivity index (χ0n) is 9.71. The van der Waals surface area contributed by atoms with E-state index in [1.165, 1.54) is 0 Å². The number of carbonyl (C=O) groups is 1. The predicted molar refractivity (Wildman–Crippen MR) is 66.0 cm³/mol. The number of ketones is 1. The molecule has 0 saturated carbocycles. The SMILES string of the molecule is Cc1ccc(C(=O)c2cc(O)c(O)cc2O)cc1. The number of aryl methyl sites for hydroxylation is 1. The van der Waals surface area contributed by atoms with Crippen molar-refractivity contribution in [2.24, 2.45) is 0 Å². The normalized spacial score (nSPS) is 10.3. The average molecular weight is 244 g/mol. The molecular formula is C14H12O4. The lowest BCUT2D eigenvalue weighted by Crippen LogP contribution is -2.01. The second-order valence-electron chi connectivity index (χ2n) is 4.05. The van der Waals surface area contributed by atoms with Gasteiger partial charge >= 0.3 is 0 Å². The minimum absolute atomic E-state index is 0.0471. The fourth-order valence-electron chi connectivity index (χ4n) is 1.61. The van der Waals surface area contributed by atoms with E-state index < -0.39 is 17.3 Å². The number of benzene rings is 2. The van der Waals surface area contributed by atoms with E-state index in [1.54, 1.807) is 24.3 Å². The molecule has 0 atom stereocenters. The molecule has 0 fully saturated rings. The van der Waals surface area contributed by atoms with E-state index in [-0.39, 0.29) is 11.3 Å². The van der Waals surface area contributed by atoms with Crippen molar-refractivity contribution in [2.75, 3.05) is 0 Å². The molecule has 0 aliphatic rings. The van der Waals surface area contributed by atoms with Gasteiger partial charge in [-0.05, 0) is 13.0 Å². The Morgan fingerprint density at radius 2 is 1.44 bits per heavy atom. The molecule has 0 unspecified atom stereocenters. The third kappa shape index (κ3) is 2.13. The Morgan fingerprint density at radius 3 is 2.06 bits per heavy atom. The molecule has 0 spiro atoms. The van der Waals surface area contributed by atoms with Crippen molar-refractivity contribution in [3.63, 3.8) is 0 Å². The van der Waals surface area contributed by atoms with Gasteiger partial charge < -0.3 is 15.3 Å². The van der Waals surface area contributed by atoms with Gasteiger partial charge in [0.05, 0.1) is 5.56 Å². The van der Waals surface area contributed by atoms with Crippen LogP contribution in [-0.2, 0) is 0 Å². The van der Waals surface area contributed by atoms with Crippen molar-refractivity contribution in [1.29, 1.82) is 0 Å². The standard InChI is InChI=1S/C14H12O4/c1-8-2-4-9(5-3-8)14(18)10-6-12(16)13(17)7-11(10)15/h2-7,15-17H,1H3. The lowest BCUT2D eigenvalue weighted by atomic mass is 10.0. The smallest absolute Gasteiger partial charge is 0.196 e. The highest BCUT2D eigenvalue weighted by Crippen LogP contribution is 2.33. The third-order valence-corrected chi connectivity index (χ3v) is 2.65. The van der Waals surface area contributed by atoms with Crippen molar-refractivity contribution in [2.45, 2.75) is 6.92 Å². The maximum absolute atomic E-state index is 12.1. The van der Waals surface area contributed by atoms with E-state index in [1.807, 2.05) is 6.92 Å². The topological polar surface area (TPSA) is 77.8 Å². The van der Waals surface area contributed by atoms with Crippen LogP contribution in [0.3, 0.4) is 0 Å². The summed E-state index contributed by atoms with van der Waals surface area (Å²) in [6.45, 7) is 1.90. The summed E-state index contributed by atoms with van der Waals surface area (Å²) in [4.78, 5) is 12.1. The first-order valence-corrected chi connectivity index (χ1v) is 5.35. The zero-order valence-corrected chi connectivity index (χ0v) is 9.71. The lowest BCUT2D eigenvalue weighted by molar-refractivity contribution is 0.103. The Labute approximate surface area is 104 Å². The monoisotopic (exact) mass is 244 g/mol. The summed E-state index contributed by atoms with van der Waals surface area (Å²) in [5.74, 6) is -1.69. The summed E-state index contributed by atoms with van der Waals surface area (Å²) in [5.41, 5.74) is 1.37. The largest absolute Gasteiger partial charge is 0.507 e. The van der Waals surface area contributed by atoms with E-state index in [0.717, 1.165) is 17.7 Å². The summed E-state index contributed by atoms with van der Waals surface area (Å²) in [6, 6.07) is 8.83. The molecule has 0 aromatic heterocycles. The fourth-order valence-corrected chi connectivity index (χ4v) is 1.61.